The van der Waals surface area contributed by atoms with E-state index in [2.05, 4.69) is 0 Å². The maximum atomic E-state index is 11.6. The van der Waals surface area contributed by atoms with Gasteiger partial charge >= 0.3 is 5.97 Å². The van der Waals surface area contributed by atoms with Crippen LogP contribution in [0, 0.1) is 5.92 Å². The number of piperidine rings is 1. The van der Waals surface area contributed by atoms with E-state index in [0.717, 1.165) is 0 Å². The number of likely N-dealkylation sites (tertiary alicyclic amines) is 1. The van der Waals surface area contributed by atoms with Crippen LogP contribution in [0.1, 0.15) is 19.3 Å². The van der Waals surface area contributed by atoms with E-state index in [-0.39, 0.29) is 17.9 Å². The maximum Gasteiger partial charge on any atom is 0.306 e. The molecule has 0 spiro atoms. The van der Waals surface area contributed by atoms with Gasteiger partial charge in [0, 0.05) is 13.1 Å². The molecular weight excluding hydrogens is 198 g/mol. The summed E-state index contributed by atoms with van der Waals surface area (Å²) in [5, 5.41) is 8.80. The molecule has 0 aromatic heterocycles. The molecule has 2 aliphatic rings. The maximum absolute atomic E-state index is 11.6. The van der Waals surface area contributed by atoms with Crippen LogP contribution in [0.5, 0.6) is 0 Å². The molecule has 2 rings (SSSR count). The summed E-state index contributed by atoms with van der Waals surface area (Å²) < 4.78 is 4.99. The van der Waals surface area contributed by atoms with Crippen molar-refractivity contribution in [1.82, 2.24) is 4.90 Å². The van der Waals surface area contributed by atoms with Gasteiger partial charge in [-0.25, -0.2) is 0 Å². The van der Waals surface area contributed by atoms with Gasteiger partial charge in [0.15, 0.2) is 0 Å². The van der Waals surface area contributed by atoms with E-state index in [1.807, 2.05) is 0 Å². The van der Waals surface area contributed by atoms with E-state index in [1.165, 1.54) is 0 Å². The number of carboxylic acids is 1. The third-order valence-electron chi connectivity index (χ3n) is 3.00. The summed E-state index contributed by atoms with van der Waals surface area (Å²) in [7, 11) is 0. The van der Waals surface area contributed by atoms with Crippen molar-refractivity contribution in [3.8, 4) is 0 Å². The minimum atomic E-state index is -0.743. The van der Waals surface area contributed by atoms with Crippen molar-refractivity contribution < 1.29 is 19.4 Å². The van der Waals surface area contributed by atoms with Crippen molar-refractivity contribution in [3.63, 3.8) is 0 Å². The zero-order chi connectivity index (χ0) is 10.8. The Bertz CT molecular complexity index is 267. The number of nitrogens with zero attached hydrogens (tertiary/aromatic N) is 1. The van der Waals surface area contributed by atoms with Gasteiger partial charge in [-0.15, -0.1) is 0 Å². The molecule has 84 valence electrons. The molecule has 2 aliphatic heterocycles. The number of ether oxygens (including phenoxy) is 1. The first-order valence-corrected chi connectivity index (χ1v) is 5.29. The fraction of sp³-hybridized carbons (Fsp3) is 0.800. The average molecular weight is 213 g/mol. The molecule has 5 nitrogen and oxygen atoms in total. The molecule has 0 aliphatic carbocycles. The van der Waals surface area contributed by atoms with E-state index in [9.17, 15) is 9.59 Å². The van der Waals surface area contributed by atoms with Gasteiger partial charge in [0.1, 0.15) is 0 Å². The molecule has 2 fully saturated rings. The molecule has 1 unspecified atom stereocenters. The summed E-state index contributed by atoms with van der Waals surface area (Å²) in [6.45, 7) is 1.84. The Morgan fingerprint density at radius 3 is 2.40 bits per heavy atom. The smallest absolute Gasteiger partial charge is 0.306 e. The standard InChI is InChI=1S/C10H15NO4/c12-9(5-8-6-15-8)11-3-1-7(2-4-11)10(13)14/h7-8H,1-6H2,(H,13,14). The molecule has 1 atom stereocenters. The summed E-state index contributed by atoms with van der Waals surface area (Å²) in [4.78, 5) is 24.1. The second-order valence-electron chi connectivity index (χ2n) is 4.15. The Kier molecular flexibility index (Phi) is 2.90. The summed E-state index contributed by atoms with van der Waals surface area (Å²) in [5.41, 5.74) is 0. The van der Waals surface area contributed by atoms with Crippen LogP contribution in [0.3, 0.4) is 0 Å². The minimum absolute atomic E-state index is 0.0985. The fourth-order valence-electron chi connectivity index (χ4n) is 1.89. The first kappa shape index (κ1) is 10.4. The van der Waals surface area contributed by atoms with Crippen LogP contribution in [0.25, 0.3) is 0 Å². The van der Waals surface area contributed by atoms with Crippen LogP contribution in [0.4, 0.5) is 0 Å². The van der Waals surface area contributed by atoms with Gasteiger partial charge in [0.2, 0.25) is 5.91 Å². The van der Waals surface area contributed by atoms with Crippen molar-refractivity contribution in [2.24, 2.45) is 5.92 Å². The first-order valence-electron chi connectivity index (χ1n) is 5.29. The number of aliphatic carboxylic acids is 1. The lowest BCUT2D eigenvalue weighted by molar-refractivity contribution is -0.145. The van der Waals surface area contributed by atoms with Crippen LogP contribution < -0.4 is 0 Å². The van der Waals surface area contributed by atoms with Gasteiger partial charge in [-0.3, -0.25) is 9.59 Å². The molecule has 2 saturated heterocycles. The van der Waals surface area contributed by atoms with E-state index < -0.39 is 5.97 Å². The van der Waals surface area contributed by atoms with Gasteiger partial charge < -0.3 is 14.7 Å². The van der Waals surface area contributed by atoms with Gasteiger partial charge in [-0.2, -0.15) is 0 Å². The average Bonchev–Trinajstić information content (AvgIpc) is 3.02. The molecular formula is C10H15NO4. The molecule has 0 aromatic carbocycles. The van der Waals surface area contributed by atoms with E-state index in [1.54, 1.807) is 4.90 Å². The Balaban J connectivity index is 1.76. The summed E-state index contributed by atoms with van der Waals surface area (Å²) in [5.74, 6) is -0.916. The molecule has 0 aromatic rings. The normalized spacial score (nSPS) is 26.4. The number of epoxide rings is 1. The lowest BCUT2D eigenvalue weighted by Crippen LogP contribution is -2.40. The lowest BCUT2D eigenvalue weighted by atomic mass is 9.97. The van der Waals surface area contributed by atoms with E-state index in [0.29, 0.717) is 39.0 Å². The van der Waals surface area contributed by atoms with Crippen LogP contribution in [-0.2, 0) is 14.3 Å². The second kappa shape index (κ2) is 4.18. The van der Waals surface area contributed by atoms with Crippen LogP contribution in [0.15, 0.2) is 0 Å². The van der Waals surface area contributed by atoms with Crippen molar-refractivity contribution >= 4 is 11.9 Å². The quantitative estimate of drug-likeness (QED) is 0.675. The number of carboxylic acid groups (broad SMARTS) is 1. The molecule has 1 amide bonds. The van der Waals surface area contributed by atoms with Crippen molar-refractivity contribution in [2.75, 3.05) is 19.7 Å². The Morgan fingerprint density at radius 2 is 1.93 bits per heavy atom. The summed E-state index contributed by atoms with van der Waals surface area (Å²) >= 11 is 0. The molecule has 0 radical (unpaired) electrons. The summed E-state index contributed by atoms with van der Waals surface area (Å²) in [6, 6.07) is 0. The van der Waals surface area contributed by atoms with Gasteiger partial charge in [-0.05, 0) is 12.8 Å². The van der Waals surface area contributed by atoms with Crippen molar-refractivity contribution in [3.05, 3.63) is 0 Å². The SMILES string of the molecule is O=C(O)C1CCN(C(=O)CC2CO2)CC1. The highest BCUT2D eigenvalue weighted by Crippen LogP contribution is 2.20. The van der Waals surface area contributed by atoms with Crippen LogP contribution >= 0.6 is 0 Å². The highest BCUT2D eigenvalue weighted by molar-refractivity contribution is 5.77. The number of rotatable bonds is 3. The highest BCUT2D eigenvalue weighted by Gasteiger charge is 2.31. The number of hydrogen-bond donors (Lipinski definition) is 1. The van der Waals surface area contributed by atoms with Gasteiger partial charge in [0.05, 0.1) is 25.0 Å². The van der Waals surface area contributed by atoms with Gasteiger partial charge in [0.25, 0.3) is 0 Å². The van der Waals surface area contributed by atoms with Crippen LogP contribution in [-0.4, -0.2) is 47.7 Å². The number of carbonyl (C=O) groups excluding carboxylic acids is 1. The molecule has 2 heterocycles. The molecule has 1 N–H and O–H groups in total. The number of amides is 1. The van der Waals surface area contributed by atoms with Gasteiger partial charge in [-0.1, -0.05) is 0 Å². The topological polar surface area (TPSA) is 70.1 Å². The first-order chi connectivity index (χ1) is 7.16. The van der Waals surface area contributed by atoms with Crippen LogP contribution in [0.2, 0.25) is 0 Å². The van der Waals surface area contributed by atoms with Crippen molar-refractivity contribution in [1.29, 1.82) is 0 Å². The molecule has 15 heavy (non-hydrogen) atoms. The zero-order valence-electron chi connectivity index (χ0n) is 8.52. The number of carbonyl (C=O) groups is 2. The number of hydrogen-bond acceptors (Lipinski definition) is 3. The third kappa shape index (κ3) is 2.68. The third-order valence-corrected chi connectivity index (χ3v) is 3.00. The van der Waals surface area contributed by atoms with E-state index >= 15 is 0 Å². The largest absolute Gasteiger partial charge is 0.481 e. The predicted octanol–water partition coefficient (Wildman–Crippen LogP) is 0.0985. The predicted molar refractivity (Wildman–Crippen MR) is 51.3 cm³/mol. The summed E-state index contributed by atoms with van der Waals surface area (Å²) in [6.07, 6.45) is 1.73. The Labute approximate surface area is 88.0 Å². The second-order valence-corrected chi connectivity index (χ2v) is 4.15. The van der Waals surface area contributed by atoms with E-state index in [4.69, 9.17) is 9.84 Å². The zero-order valence-corrected chi connectivity index (χ0v) is 8.52. The monoisotopic (exact) mass is 213 g/mol. The minimum Gasteiger partial charge on any atom is -0.481 e. The molecule has 5 heteroatoms. The Hall–Kier alpha value is -1.10. The fourth-order valence-corrected chi connectivity index (χ4v) is 1.89. The molecule has 0 saturated carbocycles. The molecule has 0 bridgehead atoms. The highest BCUT2D eigenvalue weighted by atomic mass is 16.6. The van der Waals surface area contributed by atoms with Crippen molar-refractivity contribution in [2.45, 2.75) is 25.4 Å². The lowest BCUT2D eigenvalue weighted by Gasteiger charge is -2.30. The Morgan fingerprint density at radius 1 is 1.33 bits per heavy atom.